The number of hydrogen-bond acceptors (Lipinski definition) is 7. The molecule has 0 spiro atoms. The van der Waals surface area contributed by atoms with E-state index < -0.39 is 0 Å². The Labute approximate surface area is 165 Å². The van der Waals surface area contributed by atoms with Crippen molar-refractivity contribution in [3.63, 3.8) is 0 Å². The van der Waals surface area contributed by atoms with Crippen molar-refractivity contribution < 1.29 is 0 Å². The predicted octanol–water partition coefficient (Wildman–Crippen LogP) is 2.32. The number of aryl methyl sites for hydroxylation is 5. The summed E-state index contributed by atoms with van der Waals surface area (Å²) in [6.07, 6.45) is 0. The van der Waals surface area contributed by atoms with Crippen molar-refractivity contribution in [3.8, 4) is 5.82 Å². The number of nitrogens with zero attached hydrogens (tertiary/aromatic N) is 8. The molecular weight excluding hydrogens is 352 g/mol. The maximum atomic E-state index is 4.67. The molecule has 1 aliphatic heterocycles. The lowest BCUT2D eigenvalue weighted by atomic mass is 10.3. The van der Waals surface area contributed by atoms with Gasteiger partial charge in [0.05, 0.1) is 5.69 Å². The molecule has 1 aliphatic rings. The van der Waals surface area contributed by atoms with E-state index in [1.165, 1.54) is 0 Å². The van der Waals surface area contributed by atoms with Crippen LogP contribution in [0.5, 0.6) is 0 Å². The van der Waals surface area contributed by atoms with Gasteiger partial charge in [-0.25, -0.2) is 24.6 Å². The molecule has 0 amide bonds. The first-order chi connectivity index (χ1) is 13.4. The average molecular weight is 378 g/mol. The molecule has 3 aromatic heterocycles. The molecule has 28 heavy (non-hydrogen) atoms. The van der Waals surface area contributed by atoms with Gasteiger partial charge in [0, 0.05) is 49.3 Å². The van der Waals surface area contributed by atoms with Crippen LogP contribution >= 0.6 is 0 Å². The van der Waals surface area contributed by atoms with Gasteiger partial charge in [0.25, 0.3) is 0 Å². The molecule has 0 N–H and O–H groups in total. The normalized spacial score (nSPS) is 14.6. The van der Waals surface area contributed by atoms with Gasteiger partial charge >= 0.3 is 0 Å². The summed E-state index contributed by atoms with van der Waals surface area (Å²) < 4.78 is 1.88. The first kappa shape index (κ1) is 18.3. The van der Waals surface area contributed by atoms with Crippen LogP contribution in [0, 0.1) is 34.6 Å². The van der Waals surface area contributed by atoms with Crippen molar-refractivity contribution in [3.05, 3.63) is 46.8 Å². The summed E-state index contributed by atoms with van der Waals surface area (Å²) in [5.74, 6) is 3.32. The Morgan fingerprint density at radius 3 is 1.86 bits per heavy atom. The first-order valence-corrected chi connectivity index (χ1v) is 9.60. The lowest BCUT2D eigenvalue weighted by Crippen LogP contribution is -2.47. The van der Waals surface area contributed by atoms with Crippen molar-refractivity contribution in [2.45, 2.75) is 34.6 Å². The molecule has 1 saturated heterocycles. The highest BCUT2D eigenvalue weighted by Crippen LogP contribution is 2.20. The molecule has 0 bridgehead atoms. The fraction of sp³-hybridized carbons (Fsp3) is 0.450. The standard InChI is InChI=1S/C20H26N8/c1-13-10-14(2)22-20(21-13)27-8-6-26(7-9-27)18-12-19(24-17(5)23-18)28-16(4)11-15(3)25-28/h10-12H,6-9H2,1-5H3. The molecule has 8 nitrogen and oxygen atoms in total. The number of aromatic nitrogens is 6. The monoisotopic (exact) mass is 378 g/mol. The third kappa shape index (κ3) is 3.67. The molecule has 0 saturated carbocycles. The molecule has 0 atom stereocenters. The van der Waals surface area contributed by atoms with Crippen LogP contribution in [0.25, 0.3) is 5.82 Å². The minimum Gasteiger partial charge on any atom is -0.353 e. The van der Waals surface area contributed by atoms with E-state index in [4.69, 9.17) is 0 Å². The molecule has 0 aromatic carbocycles. The second kappa shape index (κ2) is 7.18. The molecule has 0 radical (unpaired) electrons. The zero-order valence-corrected chi connectivity index (χ0v) is 17.1. The third-order valence-corrected chi connectivity index (χ3v) is 4.89. The average Bonchev–Trinajstić information content (AvgIpc) is 2.99. The highest BCUT2D eigenvalue weighted by atomic mass is 15.4. The summed E-state index contributed by atoms with van der Waals surface area (Å²) >= 11 is 0. The summed E-state index contributed by atoms with van der Waals surface area (Å²) in [7, 11) is 0. The van der Waals surface area contributed by atoms with E-state index in [-0.39, 0.29) is 0 Å². The van der Waals surface area contributed by atoms with Crippen LogP contribution in [0.1, 0.15) is 28.6 Å². The van der Waals surface area contributed by atoms with E-state index in [1.807, 2.05) is 51.4 Å². The summed E-state index contributed by atoms with van der Waals surface area (Å²) in [4.78, 5) is 23.0. The fourth-order valence-electron chi connectivity index (χ4n) is 3.65. The van der Waals surface area contributed by atoms with E-state index >= 15 is 0 Å². The van der Waals surface area contributed by atoms with Crippen LogP contribution in [0.4, 0.5) is 11.8 Å². The van der Waals surface area contributed by atoms with E-state index in [0.717, 1.165) is 72.4 Å². The molecule has 4 heterocycles. The van der Waals surface area contributed by atoms with E-state index in [2.05, 4.69) is 40.9 Å². The van der Waals surface area contributed by atoms with Crippen molar-refractivity contribution in [1.82, 2.24) is 29.7 Å². The number of piperazine rings is 1. The Morgan fingerprint density at radius 2 is 1.25 bits per heavy atom. The molecular formula is C20H26N8. The predicted molar refractivity (Wildman–Crippen MR) is 109 cm³/mol. The van der Waals surface area contributed by atoms with Crippen LogP contribution in [-0.2, 0) is 0 Å². The summed E-state index contributed by atoms with van der Waals surface area (Å²) in [6, 6.07) is 6.08. The summed E-state index contributed by atoms with van der Waals surface area (Å²) in [5.41, 5.74) is 4.06. The second-order valence-electron chi connectivity index (χ2n) is 7.40. The van der Waals surface area contributed by atoms with E-state index in [0.29, 0.717) is 0 Å². The van der Waals surface area contributed by atoms with Gasteiger partial charge in [-0.15, -0.1) is 0 Å². The minimum absolute atomic E-state index is 0.750. The molecule has 8 heteroatoms. The molecule has 4 rings (SSSR count). The quantitative estimate of drug-likeness (QED) is 0.692. The van der Waals surface area contributed by atoms with Crippen molar-refractivity contribution in [2.75, 3.05) is 36.0 Å². The maximum absolute atomic E-state index is 4.67. The van der Waals surface area contributed by atoms with Crippen molar-refractivity contribution in [2.24, 2.45) is 0 Å². The van der Waals surface area contributed by atoms with Crippen LogP contribution in [-0.4, -0.2) is 55.9 Å². The number of rotatable bonds is 3. The Balaban J connectivity index is 1.54. The van der Waals surface area contributed by atoms with E-state index in [9.17, 15) is 0 Å². The summed E-state index contributed by atoms with van der Waals surface area (Å²) in [6.45, 7) is 13.4. The van der Waals surface area contributed by atoms with Crippen LogP contribution in [0.3, 0.4) is 0 Å². The molecule has 1 fully saturated rings. The SMILES string of the molecule is Cc1cc(C)nc(N2CCN(c3cc(-n4nc(C)cc4C)nc(C)n3)CC2)n1. The van der Waals surface area contributed by atoms with Gasteiger partial charge in [-0.05, 0) is 46.8 Å². The largest absolute Gasteiger partial charge is 0.353 e. The molecule has 0 unspecified atom stereocenters. The third-order valence-electron chi connectivity index (χ3n) is 4.89. The highest BCUT2D eigenvalue weighted by molar-refractivity contribution is 5.47. The summed E-state index contributed by atoms with van der Waals surface area (Å²) in [5, 5.41) is 4.56. The van der Waals surface area contributed by atoms with Gasteiger partial charge in [0.2, 0.25) is 5.95 Å². The number of anilines is 2. The second-order valence-corrected chi connectivity index (χ2v) is 7.40. The Kier molecular flexibility index (Phi) is 4.70. The number of hydrogen-bond donors (Lipinski definition) is 0. The van der Waals surface area contributed by atoms with Gasteiger partial charge in [-0.1, -0.05) is 0 Å². The Hall–Kier alpha value is -3.03. The zero-order valence-electron chi connectivity index (χ0n) is 17.1. The lowest BCUT2D eigenvalue weighted by molar-refractivity contribution is 0.630. The fourth-order valence-corrected chi connectivity index (χ4v) is 3.65. The van der Waals surface area contributed by atoms with Gasteiger partial charge in [-0.3, -0.25) is 0 Å². The van der Waals surface area contributed by atoms with Gasteiger partial charge in [0.15, 0.2) is 5.82 Å². The molecule has 146 valence electrons. The maximum Gasteiger partial charge on any atom is 0.225 e. The zero-order chi connectivity index (χ0) is 19.8. The van der Waals surface area contributed by atoms with Crippen molar-refractivity contribution in [1.29, 1.82) is 0 Å². The van der Waals surface area contributed by atoms with E-state index in [1.54, 1.807) is 0 Å². The minimum atomic E-state index is 0.750. The van der Waals surface area contributed by atoms with Gasteiger partial charge in [0.1, 0.15) is 11.6 Å². The van der Waals surface area contributed by atoms with Crippen LogP contribution < -0.4 is 9.80 Å². The van der Waals surface area contributed by atoms with Crippen LogP contribution in [0.15, 0.2) is 18.2 Å². The highest BCUT2D eigenvalue weighted by Gasteiger charge is 2.21. The van der Waals surface area contributed by atoms with Crippen LogP contribution in [0.2, 0.25) is 0 Å². The van der Waals surface area contributed by atoms with Crippen molar-refractivity contribution >= 4 is 11.8 Å². The molecule has 0 aliphatic carbocycles. The topological polar surface area (TPSA) is 75.9 Å². The van der Waals surface area contributed by atoms with Gasteiger partial charge in [-0.2, -0.15) is 5.10 Å². The Morgan fingerprint density at radius 1 is 0.643 bits per heavy atom. The lowest BCUT2D eigenvalue weighted by Gasteiger charge is -2.35. The Bertz CT molecular complexity index is 981. The molecule has 3 aromatic rings. The first-order valence-electron chi connectivity index (χ1n) is 9.60. The smallest absolute Gasteiger partial charge is 0.225 e. The van der Waals surface area contributed by atoms with Gasteiger partial charge < -0.3 is 9.80 Å².